The first kappa shape index (κ1) is 20.5. The molecule has 0 saturated carbocycles. The van der Waals surface area contributed by atoms with Gasteiger partial charge in [0.1, 0.15) is 18.3 Å². The highest BCUT2D eigenvalue weighted by atomic mass is 32.1. The molecule has 1 aromatic rings. The Hall–Kier alpha value is -1.82. The van der Waals surface area contributed by atoms with Gasteiger partial charge in [-0.05, 0) is 17.5 Å². The number of carbonyl (C=O) groups is 2. The van der Waals surface area contributed by atoms with Gasteiger partial charge in [0.2, 0.25) is 5.91 Å². The van der Waals surface area contributed by atoms with Crippen LogP contribution < -0.4 is 10.6 Å². The van der Waals surface area contributed by atoms with Crippen molar-refractivity contribution in [3.05, 3.63) is 17.5 Å². The molecule has 0 unspecified atom stereocenters. The largest absolute Gasteiger partial charge is 0.388 e. The quantitative estimate of drug-likeness (QED) is 0.655. The molecule has 3 saturated heterocycles. The topological polar surface area (TPSA) is 100 Å². The number of fused-ring (bicyclic) bond motifs is 1. The second kappa shape index (κ2) is 8.13. The molecule has 5 atom stereocenters. The van der Waals surface area contributed by atoms with E-state index in [9.17, 15) is 23.5 Å². The normalized spacial score (nSPS) is 32.9. The van der Waals surface area contributed by atoms with E-state index in [1.807, 2.05) is 11.4 Å². The average molecular weight is 431 g/mol. The summed E-state index contributed by atoms with van der Waals surface area (Å²) in [6.45, 7) is -0.390. The predicted molar refractivity (Wildman–Crippen MR) is 100 cm³/mol. The second-order valence-electron chi connectivity index (χ2n) is 7.60. The zero-order chi connectivity index (χ0) is 20.6. The third-order valence-corrected chi connectivity index (χ3v) is 6.21. The van der Waals surface area contributed by atoms with E-state index in [4.69, 9.17) is 9.47 Å². The van der Waals surface area contributed by atoms with Crippen LogP contribution >= 0.6 is 11.3 Å². The molecule has 160 valence electrons. The highest BCUT2D eigenvalue weighted by Crippen LogP contribution is 2.36. The zero-order valence-electron chi connectivity index (χ0n) is 15.6. The number of hydrogen-bond acceptors (Lipinski definition) is 6. The summed E-state index contributed by atoms with van der Waals surface area (Å²) in [6, 6.07) is 3.19. The minimum Gasteiger partial charge on any atom is -0.388 e. The van der Waals surface area contributed by atoms with Crippen LogP contribution in [0.1, 0.15) is 19.3 Å². The summed E-state index contributed by atoms with van der Waals surface area (Å²) in [6.07, 6.45) is -2.95. The van der Waals surface area contributed by atoms with Crippen LogP contribution in [-0.4, -0.2) is 78.0 Å². The zero-order valence-corrected chi connectivity index (χ0v) is 16.4. The number of nitrogens with zero attached hydrogens (tertiary/aromatic N) is 1. The number of nitrogens with one attached hydrogen (secondary N) is 2. The minimum absolute atomic E-state index is 0.00863. The van der Waals surface area contributed by atoms with E-state index in [1.54, 1.807) is 6.07 Å². The van der Waals surface area contributed by atoms with Gasteiger partial charge in [0.15, 0.2) is 0 Å². The van der Waals surface area contributed by atoms with Gasteiger partial charge in [-0.2, -0.15) is 0 Å². The summed E-state index contributed by atoms with van der Waals surface area (Å²) in [5.41, 5.74) is 0. The van der Waals surface area contributed by atoms with Crippen molar-refractivity contribution in [1.29, 1.82) is 0 Å². The van der Waals surface area contributed by atoms with E-state index in [0.717, 1.165) is 4.90 Å². The van der Waals surface area contributed by atoms with Gasteiger partial charge in [-0.15, -0.1) is 11.3 Å². The average Bonchev–Trinajstić information content (AvgIpc) is 3.41. The van der Waals surface area contributed by atoms with E-state index in [1.165, 1.54) is 11.3 Å². The molecule has 0 bridgehead atoms. The number of amides is 3. The van der Waals surface area contributed by atoms with Gasteiger partial charge >= 0.3 is 6.03 Å². The molecular weight excluding hydrogens is 408 g/mol. The monoisotopic (exact) mass is 431 g/mol. The van der Waals surface area contributed by atoms with Crippen molar-refractivity contribution in [3.63, 3.8) is 0 Å². The molecule has 3 amide bonds. The van der Waals surface area contributed by atoms with Gasteiger partial charge in [0.25, 0.3) is 5.92 Å². The number of carbonyl (C=O) groups excluding carboxylic acids is 2. The Labute approximate surface area is 170 Å². The van der Waals surface area contributed by atoms with Crippen LogP contribution in [-0.2, 0) is 14.3 Å². The number of ether oxygens (including phenoxy) is 2. The van der Waals surface area contributed by atoms with E-state index in [0.29, 0.717) is 11.4 Å². The molecule has 1 aromatic heterocycles. The molecule has 8 nitrogen and oxygen atoms in total. The van der Waals surface area contributed by atoms with Gasteiger partial charge in [-0.3, -0.25) is 10.1 Å². The number of aliphatic hydroxyl groups excluding tert-OH is 1. The van der Waals surface area contributed by atoms with Crippen molar-refractivity contribution in [1.82, 2.24) is 10.2 Å². The van der Waals surface area contributed by atoms with Gasteiger partial charge in [-0.25, -0.2) is 13.6 Å². The second-order valence-corrected chi connectivity index (χ2v) is 8.55. The lowest BCUT2D eigenvalue weighted by molar-refractivity contribution is -0.135. The number of hydrogen-bond donors (Lipinski definition) is 3. The van der Waals surface area contributed by atoms with Gasteiger partial charge in [0.05, 0.1) is 30.2 Å². The maximum Gasteiger partial charge on any atom is 0.319 e. The van der Waals surface area contributed by atoms with Gasteiger partial charge < -0.3 is 24.8 Å². The molecule has 3 N–H and O–H groups in total. The number of thiophene rings is 1. The summed E-state index contributed by atoms with van der Waals surface area (Å²) in [7, 11) is 0. The number of rotatable bonds is 5. The van der Waals surface area contributed by atoms with Crippen LogP contribution in [0.5, 0.6) is 0 Å². The molecule has 0 aromatic carbocycles. The van der Waals surface area contributed by atoms with Crippen LogP contribution in [0.3, 0.4) is 0 Å². The van der Waals surface area contributed by atoms with Crippen LogP contribution in [0.2, 0.25) is 0 Å². The molecule has 11 heteroatoms. The molecule has 29 heavy (non-hydrogen) atoms. The predicted octanol–water partition coefficient (Wildman–Crippen LogP) is 1.41. The Bertz CT molecular complexity index is 750. The van der Waals surface area contributed by atoms with Gasteiger partial charge in [0, 0.05) is 25.9 Å². The van der Waals surface area contributed by atoms with Gasteiger partial charge in [-0.1, -0.05) is 0 Å². The molecule has 4 rings (SSSR count). The Morgan fingerprint density at radius 2 is 2.21 bits per heavy atom. The Balaban J connectivity index is 1.21. The van der Waals surface area contributed by atoms with E-state index in [-0.39, 0.29) is 31.8 Å². The summed E-state index contributed by atoms with van der Waals surface area (Å²) in [4.78, 5) is 25.3. The van der Waals surface area contributed by atoms with Crippen molar-refractivity contribution in [2.24, 2.45) is 0 Å². The molecule has 3 aliphatic rings. The van der Waals surface area contributed by atoms with Crippen molar-refractivity contribution in [3.8, 4) is 0 Å². The van der Waals surface area contributed by atoms with Crippen molar-refractivity contribution >= 4 is 28.3 Å². The Morgan fingerprint density at radius 1 is 1.38 bits per heavy atom. The number of anilines is 1. The first-order valence-corrected chi connectivity index (χ1v) is 10.4. The lowest BCUT2D eigenvalue weighted by atomic mass is 10.1. The van der Waals surface area contributed by atoms with E-state index >= 15 is 0 Å². The van der Waals surface area contributed by atoms with E-state index in [2.05, 4.69) is 10.6 Å². The molecule has 4 heterocycles. The first-order chi connectivity index (χ1) is 13.8. The number of aliphatic hydroxyl groups is 1. The van der Waals surface area contributed by atoms with Crippen LogP contribution in [0.25, 0.3) is 0 Å². The molecule has 0 radical (unpaired) electrons. The third-order valence-electron chi connectivity index (χ3n) is 5.42. The summed E-state index contributed by atoms with van der Waals surface area (Å²) >= 11 is 1.39. The number of alkyl halides is 2. The van der Waals surface area contributed by atoms with Crippen LogP contribution in [0.15, 0.2) is 17.5 Å². The van der Waals surface area contributed by atoms with E-state index < -0.39 is 49.0 Å². The number of urea groups is 1. The maximum atomic E-state index is 13.3. The fourth-order valence-corrected chi connectivity index (χ4v) is 4.59. The highest BCUT2D eigenvalue weighted by molar-refractivity contribution is 7.14. The maximum absolute atomic E-state index is 13.3. The summed E-state index contributed by atoms with van der Waals surface area (Å²) < 4.78 is 38.1. The highest BCUT2D eigenvalue weighted by Gasteiger charge is 2.51. The Morgan fingerprint density at radius 3 is 2.86 bits per heavy atom. The minimum atomic E-state index is -2.82. The number of likely N-dealkylation sites (tertiary alicyclic amines) is 1. The first-order valence-electron chi connectivity index (χ1n) is 9.54. The SMILES string of the molecule is O=C(NC[C@H]1O[C@@H]2C[C@@H](CC(=O)N3CCC(F)(F)C3)O[C@@H]2[C@@H]1O)Nc1cccs1. The van der Waals surface area contributed by atoms with Crippen molar-refractivity contribution in [2.45, 2.75) is 55.7 Å². The molecular formula is C18H23F2N3O5S. The smallest absolute Gasteiger partial charge is 0.319 e. The van der Waals surface area contributed by atoms with Crippen LogP contribution in [0.4, 0.5) is 18.6 Å². The lowest BCUT2D eigenvalue weighted by Gasteiger charge is -2.22. The fraction of sp³-hybridized carbons (Fsp3) is 0.667. The standard InChI is InChI=1S/C18H23F2N3O5S/c19-18(20)3-4-23(9-18)14(24)7-10-6-11-16(27-10)15(25)12(28-11)8-21-17(26)22-13-2-1-5-29-13/h1-2,5,10-12,15-16,25H,3-4,6-9H2,(H2,21,22,26)/t10-,11+,12+,15+,16-/m0/s1. The van der Waals surface area contributed by atoms with Crippen molar-refractivity contribution in [2.75, 3.05) is 25.0 Å². The lowest BCUT2D eigenvalue weighted by Crippen LogP contribution is -2.42. The summed E-state index contributed by atoms with van der Waals surface area (Å²) in [5, 5.41) is 18.3. The molecule has 0 spiro atoms. The fourth-order valence-electron chi connectivity index (χ4n) is 3.98. The third kappa shape index (κ3) is 4.68. The molecule has 3 fully saturated rings. The number of halogens is 2. The van der Waals surface area contributed by atoms with Crippen molar-refractivity contribution < 1.29 is 33.0 Å². The summed E-state index contributed by atoms with van der Waals surface area (Å²) in [5.74, 6) is -3.19. The van der Waals surface area contributed by atoms with Crippen LogP contribution in [0, 0.1) is 0 Å². The molecule has 3 aliphatic heterocycles. The Kier molecular flexibility index (Phi) is 5.74. The molecule has 0 aliphatic carbocycles.